The molecule has 0 amide bonds. The summed E-state index contributed by atoms with van der Waals surface area (Å²) in [5.74, 6) is -3.41. The molecule has 106 valence electrons. The third-order valence-corrected chi connectivity index (χ3v) is 4.60. The van der Waals surface area contributed by atoms with E-state index in [1.165, 1.54) is 0 Å². The molecule has 0 saturated carbocycles. The van der Waals surface area contributed by atoms with Crippen molar-refractivity contribution < 1.29 is 22.3 Å². The van der Waals surface area contributed by atoms with Crippen LogP contribution in [0.25, 0.3) is 0 Å². The number of sulfone groups is 1. The number of rotatable bonds is 2. The van der Waals surface area contributed by atoms with Gasteiger partial charge in [-0.25, -0.2) is 17.2 Å². The fraction of sp³-hybridized carbons (Fsp3) is 0.500. The number of aromatic hydroxyl groups is 1. The van der Waals surface area contributed by atoms with E-state index in [9.17, 15) is 22.3 Å². The standard InChI is InChI=1S/C12H15F2NO3S/c1-12(4-3-5-15-12)7-6-8(13)11(19(2,17)18)9(14)10(7)16/h6,15-16H,3-5H2,1-2H3. The Bertz CT molecular complexity index is 622. The van der Waals surface area contributed by atoms with Crippen molar-refractivity contribution in [2.45, 2.75) is 30.2 Å². The zero-order chi connectivity index (χ0) is 14.4. The van der Waals surface area contributed by atoms with Gasteiger partial charge in [-0.3, -0.25) is 0 Å². The average molecular weight is 291 g/mol. The molecular formula is C12H15F2NO3S. The largest absolute Gasteiger partial charge is 0.505 e. The molecule has 0 spiro atoms. The molecule has 0 bridgehead atoms. The molecule has 0 radical (unpaired) electrons. The van der Waals surface area contributed by atoms with E-state index in [0.29, 0.717) is 19.2 Å². The van der Waals surface area contributed by atoms with Crippen molar-refractivity contribution in [1.82, 2.24) is 5.32 Å². The maximum absolute atomic E-state index is 13.9. The molecule has 1 fully saturated rings. The minimum atomic E-state index is -4.08. The van der Waals surface area contributed by atoms with Gasteiger partial charge in [0.05, 0.1) is 0 Å². The molecule has 0 aromatic heterocycles. The summed E-state index contributed by atoms with van der Waals surface area (Å²) in [7, 11) is -4.08. The van der Waals surface area contributed by atoms with Gasteiger partial charge in [0.15, 0.2) is 21.4 Å². The molecule has 1 atom stereocenters. The number of benzene rings is 1. The summed E-state index contributed by atoms with van der Waals surface area (Å²) in [6, 6.07) is 0.896. The van der Waals surface area contributed by atoms with Crippen LogP contribution in [0.2, 0.25) is 0 Å². The Labute approximate surface area is 110 Å². The lowest BCUT2D eigenvalue weighted by molar-refractivity contribution is 0.362. The predicted molar refractivity (Wildman–Crippen MR) is 65.7 cm³/mol. The fourth-order valence-corrected chi connectivity index (χ4v) is 3.31. The Morgan fingerprint density at radius 1 is 1.42 bits per heavy atom. The van der Waals surface area contributed by atoms with Crippen LogP contribution in [-0.4, -0.2) is 26.3 Å². The van der Waals surface area contributed by atoms with Crippen LogP contribution < -0.4 is 5.32 Å². The first-order valence-electron chi connectivity index (χ1n) is 5.83. The van der Waals surface area contributed by atoms with Crippen molar-refractivity contribution in [2.24, 2.45) is 0 Å². The first kappa shape index (κ1) is 14.2. The van der Waals surface area contributed by atoms with Crippen molar-refractivity contribution in [3.8, 4) is 5.75 Å². The second kappa shape index (κ2) is 4.42. The Morgan fingerprint density at radius 2 is 2.05 bits per heavy atom. The van der Waals surface area contributed by atoms with Crippen molar-refractivity contribution in [3.05, 3.63) is 23.3 Å². The van der Waals surface area contributed by atoms with Crippen LogP contribution >= 0.6 is 0 Å². The van der Waals surface area contributed by atoms with Crippen LogP contribution in [0.1, 0.15) is 25.3 Å². The number of phenolic OH excluding ortho intramolecular Hbond substituents is 1. The molecule has 7 heteroatoms. The van der Waals surface area contributed by atoms with Crippen LogP contribution in [0.15, 0.2) is 11.0 Å². The van der Waals surface area contributed by atoms with Crippen LogP contribution in [0.3, 0.4) is 0 Å². The molecule has 1 aromatic rings. The normalized spacial score (nSPS) is 23.8. The quantitative estimate of drug-likeness (QED) is 0.870. The lowest BCUT2D eigenvalue weighted by atomic mass is 9.89. The van der Waals surface area contributed by atoms with Gasteiger partial charge in [0.25, 0.3) is 0 Å². The van der Waals surface area contributed by atoms with Gasteiger partial charge in [-0.05, 0) is 32.4 Å². The number of hydrogen-bond donors (Lipinski definition) is 2. The lowest BCUT2D eigenvalue weighted by Crippen LogP contribution is -2.33. The molecule has 4 nitrogen and oxygen atoms in total. The van der Waals surface area contributed by atoms with Crippen LogP contribution in [-0.2, 0) is 15.4 Å². The third-order valence-electron chi connectivity index (χ3n) is 3.48. The first-order valence-corrected chi connectivity index (χ1v) is 7.72. The molecule has 1 aliphatic rings. The van der Waals surface area contributed by atoms with Gasteiger partial charge in [0, 0.05) is 17.4 Å². The summed E-state index contributed by atoms with van der Waals surface area (Å²) < 4.78 is 50.5. The zero-order valence-corrected chi connectivity index (χ0v) is 11.4. The topological polar surface area (TPSA) is 66.4 Å². The molecule has 1 unspecified atom stereocenters. The van der Waals surface area contributed by atoms with Crippen molar-refractivity contribution in [1.29, 1.82) is 0 Å². The Morgan fingerprint density at radius 3 is 2.53 bits per heavy atom. The van der Waals surface area contributed by atoms with E-state index in [1.54, 1.807) is 6.92 Å². The maximum atomic E-state index is 13.9. The van der Waals surface area contributed by atoms with Crippen LogP contribution in [0.5, 0.6) is 5.75 Å². The van der Waals surface area contributed by atoms with E-state index in [1.807, 2.05) is 0 Å². The van der Waals surface area contributed by atoms with E-state index < -0.39 is 37.7 Å². The van der Waals surface area contributed by atoms with Crippen LogP contribution in [0, 0.1) is 11.6 Å². The lowest BCUT2D eigenvalue weighted by Gasteiger charge is -2.26. The molecule has 0 aliphatic carbocycles. The van der Waals surface area contributed by atoms with Gasteiger partial charge in [0.1, 0.15) is 10.7 Å². The first-order chi connectivity index (χ1) is 8.67. The summed E-state index contributed by atoms with van der Waals surface area (Å²) in [5, 5.41) is 12.9. The van der Waals surface area contributed by atoms with E-state index in [2.05, 4.69) is 5.32 Å². The summed E-state index contributed by atoms with van der Waals surface area (Å²) in [6.07, 6.45) is 2.12. The number of halogens is 2. The number of nitrogens with one attached hydrogen (secondary N) is 1. The molecule has 1 aromatic carbocycles. The zero-order valence-electron chi connectivity index (χ0n) is 10.6. The van der Waals surface area contributed by atoms with Crippen molar-refractivity contribution in [3.63, 3.8) is 0 Å². The van der Waals surface area contributed by atoms with Gasteiger partial charge < -0.3 is 10.4 Å². The minimum absolute atomic E-state index is 0.0485. The summed E-state index contributed by atoms with van der Waals surface area (Å²) >= 11 is 0. The molecule has 19 heavy (non-hydrogen) atoms. The van der Waals surface area contributed by atoms with Crippen LogP contribution in [0.4, 0.5) is 8.78 Å². The van der Waals surface area contributed by atoms with Gasteiger partial charge in [-0.2, -0.15) is 0 Å². The highest BCUT2D eigenvalue weighted by atomic mass is 32.2. The van der Waals surface area contributed by atoms with Crippen molar-refractivity contribution in [2.75, 3.05) is 12.8 Å². The molecular weight excluding hydrogens is 276 g/mol. The number of hydrogen-bond acceptors (Lipinski definition) is 4. The highest BCUT2D eigenvalue weighted by Crippen LogP contribution is 2.40. The monoisotopic (exact) mass is 291 g/mol. The number of phenols is 1. The summed E-state index contributed by atoms with van der Waals surface area (Å²) in [4.78, 5) is -1.09. The summed E-state index contributed by atoms with van der Waals surface area (Å²) in [6.45, 7) is 2.39. The predicted octanol–water partition coefficient (Wildman–Crippen LogP) is 1.67. The molecule has 2 N–H and O–H groups in total. The van der Waals surface area contributed by atoms with Gasteiger partial charge in [-0.1, -0.05) is 0 Å². The Balaban J connectivity index is 2.69. The smallest absolute Gasteiger partial charge is 0.186 e. The molecule has 1 aliphatic heterocycles. The fourth-order valence-electron chi connectivity index (χ4n) is 2.48. The van der Waals surface area contributed by atoms with E-state index in [0.717, 1.165) is 12.5 Å². The average Bonchev–Trinajstić information content (AvgIpc) is 2.70. The van der Waals surface area contributed by atoms with E-state index >= 15 is 0 Å². The van der Waals surface area contributed by atoms with Gasteiger partial charge in [-0.15, -0.1) is 0 Å². The van der Waals surface area contributed by atoms with Crippen molar-refractivity contribution >= 4 is 9.84 Å². The Hall–Kier alpha value is -1.21. The summed E-state index contributed by atoms with van der Waals surface area (Å²) in [5.41, 5.74) is -0.700. The minimum Gasteiger partial charge on any atom is -0.505 e. The van der Waals surface area contributed by atoms with Gasteiger partial charge in [0.2, 0.25) is 0 Å². The highest BCUT2D eigenvalue weighted by Gasteiger charge is 2.36. The Kier molecular flexibility index (Phi) is 3.30. The SMILES string of the molecule is CC1(c2cc(F)c(S(C)(=O)=O)c(F)c2O)CCCN1. The maximum Gasteiger partial charge on any atom is 0.186 e. The third kappa shape index (κ3) is 2.32. The molecule has 1 saturated heterocycles. The van der Waals surface area contributed by atoms with E-state index in [4.69, 9.17) is 0 Å². The molecule has 1 heterocycles. The highest BCUT2D eigenvalue weighted by molar-refractivity contribution is 7.90. The second-order valence-electron chi connectivity index (χ2n) is 5.03. The van der Waals surface area contributed by atoms with Gasteiger partial charge >= 0.3 is 0 Å². The molecule has 2 rings (SSSR count). The van der Waals surface area contributed by atoms with E-state index in [-0.39, 0.29) is 5.56 Å². The second-order valence-corrected chi connectivity index (χ2v) is 6.98.